The molecule has 0 unspecified atom stereocenters. The monoisotopic (exact) mass is 250 g/mol. The number of ketones is 1. The molecule has 0 radical (unpaired) electrons. The first-order valence-corrected chi connectivity index (χ1v) is 7.20. The van der Waals surface area contributed by atoms with Crippen molar-refractivity contribution < 1.29 is 9.53 Å². The van der Waals surface area contributed by atoms with E-state index in [2.05, 4.69) is 0 Å². The summed E-state index contributed by atoms with van der Waals surface area (Å²) in [5.74, 6) is 4.08. The number of hydrogen-bond donors (Lipinski definition) is 0. The van der Waals surface area contributed by atoms with Gasteiger partial charge >= 0.3 is 0 Å². The molecule has 3 heteroatoms. The number of carbonyl (C=O) groups excluding carboxylic acids is 1. The summed E-state index contributed by atoms with van der Waals surface area (Å²) in [5.41, 5.74) is 0.809. The van der Waals surface area contributed by atoms with Crippen LogP contribution in [0.15, 0.2) is 24.3 Å². The molecule has 1 heterocycles. The lowest BCUT2D eigenvalue weighted by atomic mass is 9.93. The lowest BCUT2D eigenvalue weighted by Gasteiger charge is -2.20. The van der Waals surface area contributed by atoms with Gasteiger partial charge < -0.3 is 4.74 Å². The van der Waals surface area contributed by atoms with E-state index in [1.54, 1.807) is 7.11 Å². The smallest absolute Gasteiger partial charge is 0.163 e. The fourth-order valence-corrected chi connectivity index (χ4v) is 3.31. The van der Waals surface area contributed by atoms with Crippen molar-refractivity contribution in [2.75, 3.05) is 18.6 Å². The molecule has 0 bridgehead atoms. The molecule has 2 rings (SSSR count). The second-order valence-electron chi connectivity index (χ2n) is 4.41. The van der Waals surface area contributed by atoms with Crippen molar-refractivity contribution in [3.8, 4) is 5.75 Å². The summed E-state index contributed by atoms with van der Waals surface area (Å²) < 4.78 is 5.08. The average molecular weight is 250 g/mol. The van der Waals surface area contributed by atoms with Crippen LogP contribution in [0.25, 0.3) is 0 Å². The van der Waals surface area contributed by atoms with Gasteiger partial charge in [-0.15, -0.1) is 0 Å². The first-order chi connectivity index (χ1) is 8.29. The number of benzene rings is 1. The Morgan fingerprint density at radius 3 is 2.53 bits per heavy atom. The first-order valence-electron chi connectivity index (χ1n) is 6.04. The van der Waals surface area contributed by atoms with E-state index in [4.69, 9.17) is 4.74 Å². The van der Waals surface area contributed by atoms with Gasteiger partial charge in [-0.25, -0.2) is 0 Å². The molecule has 0 N–H and O–H groups in total. The maximum atomic E-state index is 12.1. The van der Waals surface area contributed by atoms with E-state index >= 15 is 0 Å². The average Bonchev–Trinajstić information content (AvgIpc) is 2.40. The zero-order chi connectivity index (χ0) is 12.1. The maximum absolute atomic E-state index is 12.1. The van der Waals surface area contributed by atoms with E-state index in [1.165, 1.54) is 24.3 Å². The Bertz CT molecular complexity index is 366. The highest BCUT2D eigenvalue weighted by molar-refractivity contribution is 7.99. The third kappa shape index (κ3) is 3.50. The second kappa shape index (κ2) is 6.10. The highest BCUT2D eigenvalue weighted by Gasteiger charge is 2.18. The maximum Gasteiger partial charge on any atom is 0.163 e. The summed E-state index contributed by atoms with van der Waals surface area (Å²) in [4.78, 5) is 12.1. The number of Topliss-reactive ketones (excluding diaryl/α,β-unsaturated/α-hetero) is 1. The van der Waals surface area contributed by atoms with Crippen LogP contribution in [0.4, 0.5) is 0 Å². The number of ether oxygens (including phenoxy) is 1. The molecule has 17 heavy (non-hydrogen) atoms. The Hall–Kier alpha value is -0.960. The van der Waals surface area contributed by atoms with E-state index in [1.807, 2.05) is 36.0 Å². The van der Waals surface area contributed by atoms with Crippen molar-refractivity contribution in [1.82, 2.24) is 0 Å². The fraction of sp³-hybridized carbons (Fsp3) is 0.500. The molecule has 0 aromatic heterocycles. The van der Waals surface area contributed by atoms with Crippen LogP contribution < -0.4 is 4.74 Å². The highest BCUT2D eigenvalue weighted by atomic mass is 32.2. The summed E-state index contributed by atoms with van der Waals surface area (Å²) in [5, 5.41) is 0. The fourth-order valence-electron chi connectivity index (χ4n) is 2.11. The van der Waals surface area contributed by atoms with Crippen molar-refractivity contribution >= 4 is 17.5 Å². The lowest BCUT2D eigenvalue weighted by molar-refractivity contribution is 0.0958. The number of thioether (sulfide) groups is 1. The molecule has 0 atom stereocenters. The molecular formula is C14H18O2S. The Morgan fingerprint density at radius 1 is 1.29 bits per heavy atom. The molecule has 0 aliphatic carbocycles. The van der Waals surface area contributed by atoms with Crippen LogP contribution >= 0.6 is 11.8 Å². The zero-order valence-electron chi connectivity index (χ0n) is 10.1. The van der Waals surface area contributed by atoms with Crippen molar-refractivity contribution in [1.29, 1.82) is 0 Å². The van der Waals surface area contributed by atoms with Crippen molar-refractivity contribution in [3.63, 3.8) is 0 Å². The van der Waals surface area contributed by atoms with Crippen LogP contribution in [0.3, 0.4) is 0 Å². The van der Waals surface area contributed by atoms with E-state index in [9.17, 15) is 4.79 Å². The SMILES string of the molecule is COc1ccc(C(=O)CC2CCSCC2)cc1. The third-order valence-corrected chi connectivity index (χ3v) is 4.28. The number of methoxy groups -OCH3 is 1. The molecule has 1 aliphatic rings. The van der Waals surface area contributed by atoms with E-state index in [-0.39, 0.29) is 5.78 Å². The zero-order valence-corrected chi connectivity index (χ0v) is 11.0. The lowest BCUT2D eigenvalue weighted by Crippen LogP contribution is -2.14. The predicted octanol–water partition coefficient (Wildman–Crippen LogP) is 3.41. The minimum absolute atomic E-state index is 0.268. The molecule has 0 amide bonds. The van der Waals surface area contributed by atoms with Crippen LogP contribution in [0.1, 0.15) is 29.6 Å². The van der Waals surface area contributed by atoms with Gasteiger partial charge in [0.15, 0.2) is 5.78 Å². The molecule has 1 aromatic rings. The van der Waals surface area contributed by atoms with Gasteiger partial charge in [0.05, 0.1) is 7.11 Å². The quantitative estimate of drug-likeness (QED) is 0.766. The number of hydrogen-bond acceptors (Lipinski definition) is 3. The van der Waals surface area contributed by atoms with Gasteiger partial charge in [-0.3, -0.25) is 4.79 Å². The van der Waals surface area contributed by atoms with Gasteiger partial charge in [-0.1, -0.05) is 0 Å². The third-order valence-electron chi connectivity index (χ3n) is 3.23. The van der Waals surface area contributed by atoms with E-state index < -0.39 is 0 Å². The van der Waals surface area contributed by atoms with Crippen molar-refractivity contribution in [3.05, 3.63) is 29.8 Å². The molecule has 0 saturated carbocycles. The van der Waals surface area contributed by atoms with Gasteiger partial charge in [-0.05, 0) is 54.5 Å². The van der Waals surface area contributed by atoms with Crippen LogP contribution in [-0.4, -0.2) is 24.4 Å². The molecule has 92 valence electrons. The van der Waals surface area contributed by atoms with Gasteiger partial charge in [0.1, 0.15) is 5.75 Å². The number of rotatable bonds is 4. The van der Waals surface area contributed by atoms with Crippen LogP contribution in [0.5, 0.6) is 5.75 Å². The molecule has 1 saturated heterocycles. The molecule has 1 fully saturated rings. The van der Waals surface area contributed by atoms with Crippen molar-refractivity contribution in [2.24, 2.45) is 5.92 Å². The van der Waals surface area contributed by atoms with Crippen LogP contribution in [0, 0.1) is 5.92 Å². The Morgan fingerprint density at radius 2 is 1.94 bits per heavy atom. The Balaban J connectivity index is 1.93. The second-order valence-corrected chi connectivity index (χ2v) is 5.64. The minimum Gasteiger partial charge on any atom is -0.497 e. The summed E-state index contributed by atoms with van der Waals surface area (Å²) in [6, 6.07) is 7.42. The highest BCUT2D eigenvalue weighted by Crippen LogP contribution is 2.26. The molecule has 0 spiro atoms. The largest absolute Gasteiger partial charge is 0.497 e. The summed E-state index contributed by atoms with van der Waals surface area (Å²) in [6.07, 6.45) is 3.08. The predicted molar refractivity (Wildman–Crippen MR) is 72.0 cm³/mol. The molecular weight excluding hydrogens is 232 g/mol. The van der Waals surface area contributed by atoms with Crippen LogP contribution in [-0.2, 0) is 0 Å². The summed E-state index contributed by atoms with van der Waals surface area (Å²) in [6.45, 7) is 0. The van der Waals surface area contributed by atoms with Gasteiger partial charge in [-0.2, -0.15) is 11.8 Å². The summed E-state index contributed by atoms with van der Waals surface area (Å²) >= 11 is 2.00. The molecule has 1 aromatic carbocycles. The van der Waals surface area contributed by atoms with Crippen molar-refractivity contribution in [2.45, 2.75) is 19.3 Å². The number of carbonyl (C=O) groups is 1. The topological polar surface area (TPSA) is 26.3 Å². The summed E-state index contributed by atoms with van der Waals surface area (Å²) in [7, 11) is 1.64. The Labute approximate surface area is 107 Å². The van der Waals surface area contributed by atoms with E-state index in [0.717, 1.165) is 11.3 Å². The molecule has 2 nitrogen and oxygen atoms in total. The van der Waals surface area contributed by atoms with Crippen LogP contribution in [0.2, 0.25) is 0 Å². The van der Waals surface area contributed by atoms with Gasteiger partial charge in [0.25, 0.3) is 0 Å². The molecule has 1 aliphatic heterocycles. The normalized spacial score (nSPS) is 16.8. The Kier molecular flexibility index (Phi) is 4.49. The minimum atomic E-state index is 0.268. The van der Waals surface area contributed by atoms with Gasteiger partial charge in [0.2, 0.25) is 0 Å². The van der Waals surface area contributed by atoms with Gasteiger partial charge in [0, 0.05) is 12.0 Å². The standard InChI is InChI=1S/C14H18O2S/c1-16-13-4-2-12(3-5-13)14(15)10-11-6-8-17-9-7-11/h2-5,11H,6-10H2,1H3. The van der Waals surface area contributed by atoms with E-state index in [0.29, 0.717) is 12.3 Å². The first kappa shape index (κ1) is 12.5.